The molecule has 150 valence electrons. The predicted octanol–water partition coefficient (Wildman–Crippen LogP) is 2.48. The summed E-state index contributed by atoms with van der Waals surface area (Å²) in [4.78, 5) is 22.8. The van der Waals surface area contributed by atoms with Crippen LogP contribution in [0.3, 0.4) is 0 Å². The molecular formula is C18H21N3O6S. The molecule has 0 spiro atoms. The van der Waals surface area contributed by atoms with Crippen LogP contribution in [0.4, 0.5) is 11.4 Å². The Hall–Kier alpha value is -2.98. The van der Waals surface area contributed by atoms with Gasteiger partial charge in [-0.05, 0) is 43.2 Å². The summed E-state index contributed by atoms with van der Waals surface area (Å²) in [7, 11) is -0.824. The van der Waals surface area contributed by atoms with Crippen LogP contribution in [0, 0.1) is 24.0 Å². The minimum Gasteiger partial charge on any atom is -0.477 e. The molecule has 0 aliphatic carbocycles. The van der Waals surface area contributed by atoms with Gasteiger partial charge >= 0.3 is 5.69 Å². The normalized spacial score (nSPS) is 11.3. The number of carbonyl (C=O) groups is 1. The van der Waals surface area contributed by atoms with Crippen LogP contribution < -0.4 is 10.1 Å². The Morgan fingerprint density at radius 2 is 1.89 bits per heavy atom. The molecule has 0 saturated carbocycles. The van der Waals surface area contributed by atoms with Gasteiger partial charge in [0.25, 0.3) is 5.91 Å². The van der Waals surface area contributed by atoms with Crippen LogP contribution in [0.25, 0.3) is 0 Å². The van der Waals surface area contributed by atoms with E-state index in [2.05, 4.69) is 5.32 Å². The van der Waals surface area contributed by atoms with Gasteiger partial charge < -0.3 is 10.1 Å². The van der Waals surface area contributed by atoms with E-state index in [4.69, 9.17) is 4.74 Å². The fraction of sp³-hybridized carbons (Fsp3) is 0.278. The third kappa shape index (κ3) is 4.84. The minimum absolute atomic E-state index is 0.0229. The second-order valence-corrected chi connectivity index (χ2v) is 8.49. The van der Waals surface area contributed by atoms with Gasteiger partial charge in [0.1, 0.15) is 0 Å². The number of amides is 1. The van der Waals surface area contributed by atoms with Crippen molar-refractivity contribution in [2.24, 2.45) is 0 Å². The van der Waals surface area contributed by atoms with Crippen molar-refractivity contribution in [3.05, 3.63) is 57.6 Å². The zero-order valence-corrected chi connectivity index (χ0v) is 16.7. The van der Waals surface area contributed by atoms with Crippen molar-refractivity contribution in [1.29, 1.82) is 0 Å². The lowest BCUT2D eigenvalue weighted by molar-refractivity contribution is -0.385. The van der Waals surface area contributed by atoms with Crippen molar-refractivity contribution >= 4 is 27.3 Å². The third-order valence-electron chi connectivity index (χ3n) is 3.84. The quantitative estimate of drug-likeness (QED) is 0.556. The summed E-state index contributed by atoms with van der Waals surface area (Å²) < 4.78 is 30.8. The molecule has 0 aromatic heterocycles. The lowest BCUT2D eigenvalue weighted by Crippen LogP contribution is -2.23. The topological polar surface area (TPSA) is 119 Å². The Labute approximate surface area is 163 Å². The standard InChI is InChI=1S/C18H21N3O6S/c1-12-8-13(2)18(16(9-12)21(23)24)27-11-17(22)19-14-6-5-7-15(10-14)28(25,26)20(3)4/h5-10H,11H2,1-4H3,(H,19,22). The van der Waals surface area contributed by atoms with Crippen LogP contribution in [-0.2, 0) is 14.8 Å². The maximum atomic E-state index is 12.2. The molecule has 0 atom stereocenters. The molecule has 2 rings (SSSR count). The van der Waals surface area contributed by atoms with E-state index in [0.29, 0.717) is 11.1 Å². The van der Waals surface area contributed by atoms with E-state index >= 15 is 0 Å². The number of hydrogen-bond donors (Lipinski definition) is 1. The Balaban J connectivity index is 2.14. The summed E-state index contributed by atoms with van der Waals surface area (Å²) >= 11 is 0. The van der Waals surface area contributed by atoms with E-state index in [9.17, 15) is 23.3 Å². The fourth-order valence-corrected chi connectivity index (χ4v) is 3.48. The first-order chi connectivity index (χ1) is 13.0. The summed E-state index contributed by atoms with van der Waals surface area (Å²) in [5, 5.41) is 13.7. The highest BCUT2D eigenvalue weighted by Crippen LogP contribution is 2.32. The first-order valence-corrected chi connectivity index (χ1v) is 9.67. The molecule has 2 aromatic rings. The Morgan fingerprint density at radius 1 is 1.21 bits per heavy atom. The lowest BCUT2D eigenvalue weighted by atomic mass is 10.1. The molecule has 0 heterocycles. The number of nitro benzene ring substituents is 1. The third-order valence-corrected chi connectivity index (χ3v) is 5.65. The van der Waals surface area contributed by atoms with Crippen molar-refractivity contribution in [3.8, 4) is 5.75 Å². The maximum Gasteiger partial charge on any atom is 0.311 e. The van der Waals surface area contributed by atoms with E-state index in [1.165, 1.54) is 44.4 Å². The Kier molecular flexibility index (Phi) is 6.37. The molecule has 0 aliphatic heterocycles. The van der Waals surface area contributed by atoms with E-state index in [0.717, 1.165) is 4.31 Å². The first-order valence-electron chi connectivity index (χ1n) is 8.23. The van der Waals surface area contributed by atoms with Crippen LogP contribution in [0.5, 0.6) is 5.75 Å². The molecule has 0 radical (unpaired) electrons. The highest BCUT2D eigenvalue weighted by Gasteiger charge is 2.20. The van der Waals surface area contributed by atoms with E-state index in [-0.39, 0.29) is 22.0 Å². The van der Waals surface area contributed by atoms with Crippen LogP contribution in [0.2, 0.25) is 0 Å². The number of rotatable bonds is 7. The molecule has 2 aromatic carbocycles. The second kappa shape index (κ2) is 8.36. The molecular weight excluding hydrogens is 386 g/mol. The summed E-state index contributed by atoms with van der Waals surface area (Å²) in [5.74, 6) is -0.552. The molecule has 28 heavy (non-hydrogen) atoms. The number of nitrogens with one attached hydrogen (secondary N) is 1. The van der Waals surface area contributed by atoms with Crippen molar-refractivity contribution in [2.75, 3.05) is 26.0 Å². The van der Waals surface area contributed by atoms with Gasteiger partial charge in [0.2, 0.25) is 15.8 Å². The van der Waals surface area contributed by atoms with E-state index in [1.807, 2.05) is 0 Å². The SMILES string of the molecule is Cc1cc(C)c(OCC(=O)Nc2cccc(S(=O)(=O)N(C)C)c2)c([N+](=O)[O-])c1. The number of nitro groups is 1. The van der Waals surface area contributed by atoms with Crippen molar-refractivity contribution in [3.63, 3.8) is 0 Å². The highest BCUT2D eigenvalue weighted by molar-refractivity contribution is 7.89. The molecule has 10 heteroatoms. The van der Waals surface area contributed by atoms with Gasteiger partial charge in [-0.3, -0.25) is 14.9 Å². The summed E-state index contributed by atoms with van der Waals surface area (Å²) in [6, 6.07) is 8.87. The van der Waals surface area contributed by atoms with Crippen LogP contribution in [-0.4, -0.2) is 44.3 Å². The van der Waals surface area contributed by atoms with Gasteiger partial charge in [-0.2, -0.15) is 0 Å². The molecule has 0 unspecified atom stereocenters. The Bertz CT molecular complexity index is 1020. The molecule has 0 bridgehead atoms. The monoisotopic (exact) mass is 407 g/mol. The highest BCUT2D eigenvalue weighted by atomic mass is 32.2. The average molecular weight is 407 g/mol. The number of ether oxygens (including phenoxy) is 1. The summed E-state index contributed by atoms with van der Waals surface area (Å²) in [6.45, 7) is 2.92. The summed E-state index contributed by atoms with van der Waals surface area (Å²) in [5.41, 5.74) is 1.30. The number of hydrogen-bond acceptors (Lipinski definition) is 6. The molecule has 9 nitrogen and oxygen atoms in total. The number of carbonyl (C=O) groups excluding carboxylic acids is 1. The number of nitrogens with zero attached hydrogens (tertiary/aromatic N) is 2. The number of anilines is 1. The van der Waals surface area contributed by atoms with Crippen molar-refractivity contribution < 1.29 is 22.9 Å². The summed E-state index contributed by atoms with van der Waals surface area (Å²) in [6.07, 6.45) is 0. The average Bonchev–Trinajstić information content (AvgIpc) is 2.60. The van der Waals surface area contributed by atoms with E-state index in [1.54, 1.807) is 19.9 Å². The zero-order valence-electron chi connectivity index (χ0n) is 15.9. The van der Waals surface area contributed by atoms with Crippen LogP contribution in [0.1, 0.15) is 11.1 Å². The first kappa shape index (κ1) is 21.3. The molecule has 0 saturated heterocycles. The van der Waals surface area contributed by atoms with Gasteiger partial charge in [-0.25, -0.2) is 12.7 Å². The smallest absolute Gasteiger partial charge is 0.311 e. The van der Waals surface area contributed by atoms with Crippen LogP contribution in [0.15, 0.2) is 41.3 Å². The fourth-order valence-electron chi connectivity index (χ4n) is 2.54. The van der Waals surface area contributed by atoms with Crippen LogP contribution >= 0.6 is 0 Å². The van der Waals surface area contributed by atoms with Crippen molar-refractivity contribution in [2.45, 2.75) is 18.7 Å². The minimum atomic E-state index is -3.64. The Morgan fingerprint density at radius 3 is 2.50 bits per heavy atom. The van der Waals surface area contributed by atoms with Gasteiger partial charge in [-0.15, -0.1) is 0 Å². The maximum absolute atomic E-state index is 12.2. The molecule has 1 N–H and O–H groups in total. The largest absolute Gasteiger partial charge is 0.477 e. The molecule has 0 fully saturated rings. The zero-order chi connectivity index (χ0) is 21.1. The molecule has 1 amide bonds. The number of sulfonamides is 1. The second-order valence-electron chi connectivity index (χ2n) is 6.34. The van der Waals surface area contributed by atoms with Crippen molar-refractivity contribution in [1.82, 2.24) is 4.31 Å². The van der Waals surface area contributed by atoms with Gasteiger partial charge in [0, 0.05) is 25.8 Å². The number of aryl methyl sites for hydroxylation is 2. The van der Waals surface area contributed by atoms with Gasteiger partial charge in [0.15, 0.2) is 6.61 Å². The van der Waals surface area contributed by atoms with Gasteiger partial charge in [0.05, 0.1) is 9.82 Å². The van der Waals surface area contributed by atoms with E-state index < -0.39 is 27.5 Å². The predicted molar refractivity (Wildman–Crippen MR) is 104 cm³/mol. The molecule has 0 aliphatic rings. The number of benzene rings is 2. The van der Waals surface area contributed by atoms with Gasteiger partial charge in [-0.1, -0.05) is 12.1 Å². The lowest BCUT2D eigenvalue weighted by Gasteiger charge is -2.13.